The van der Waals surface area contributed by atoms with Gasteiger partial charge < -0.3 is 8.98 Å². The van der Waals surface area contributed by atoms with Gasteiger partial charge in [-0.2, -0.15) is 9.78 Å². The van der Waals surface area contributed by atoms with E-state index in [0.717, 1.165) is 11.4 Å². The van der Waals surface area contributed by atoms with Crippen molar-refractivity contribution in [3.63, 3.8) is 0 Å². The predicted octanol–water partition coefficient (Wildman–Crippen LogP) is 2.56. The van der Waals surface area contributed by atoms with Crippen molar-refractivity contribution in [2.75, 3.05) is 0 Å². The summed E-state index contributed by atoms with van der Waals surface area (Å²) >= 11 is 0. The highest BCUT2D eigenvalue weighted by Crippen LogP contribution is 2.26. The number of aromatic amines is 1. The summed E-state index contributed by atoms with van der Waals surface area (Å²) in [4.78, 5) is 4.43. The van der Waals surface area contributed by atoms with Crippen molar-refractivity contribution in [3.8, 4) is 28.7 Å². The SMILES string of the molecule is c1ccc(-n2nnnc2Cn2ccnc2-c2ccc(-c3ccn[nH]3)o2)cc1. The molecule has 132 valence electrons. The van der Waals surface area contributed by atoms with Crippen LogP contribution in [0.25, 0.3) is 28.7 Å². The van der Waals surface area contributed by atoms with Crippen LogP contribution >= 0.6 is 0 Å². The van der Waals surface area contributed by atoms with Gasteiger partial charge in [-0.15, -0.1) is 5.10 Å². The van der Waals surface area contributed by atoms with E-state index in [9.17, 15) is 0 Å². The fraction of sp³-hybridized carbons (Fsp3) is 0.0556. The summed E-state index contributed by atoms with van der Waals surface area (Å²) in [5.41, 5.74) is 1.71. The Labute approximate surface area is 153 Å². The Bertz CT molecular complexity index is 1150. The maximum Gasteiger partial charge on any atom is 0.176 e. The van der Waals surface area contributed by atoms with Crippen molar-refractivity contribution in [1.82, 2.24) is 40.0 Å². The van der Waals surface area contributed by atoms with Crippen LogP contribution < -0.4 is 0 Å². The molecular formula is C18H14N8O. The number of nitrogens with zero attached hydrogens (tertiary/aromatic N) is 7. The standard InChI is InChI=1S/C18H14N8O/c1-2-4-13(5-3-1)26-17(22-23-24-26)12-25-11-10-19-18(25)16-7-6-15(27-16)14-8-9-20-21-14/h1-11H,12H2,(H,20,21). The van der Waals surface area contributed by atoms with Gasteiger partial charge in [0, 0.05) is 18.6 Å². The molecule has 0 aliphatic carbocycles. The van der Waals surface area contributed by atoms with Crippen LogP contribution in [0.1, 0.15) is 5.82 Å². The van der Waals surface area contributed by atoms with E-state index in [0.29, 0.717) is 29.7 Å². The maximum atomic E-state index is 5.93. The average molecular weight is 358 g/mol. The summed E-state index contributed by atoms with van der Waals surface area (Å²) in [5.74, 6) is 2.75. The molecule has 0 amide bonds. The van der Waals surface area contributed by atoms with Crippen LogP contribution in [-0.4, -0.2) is 40.0 Å². The number of aromatic nitrogens is 8. The van der Waals surface area contributed by atoms with E-state index in [1.807, 2.05) is 59.3 Å². The molecule has 0 atom stereocenters. The molecule has 0 aliphatic heterocycles. The van der Waals surface area contributed by atoms with Gasteiger partial charge in [-0.25, -0.2) is 4.98 Å². The van der Waals surface area contributed by atoms with Gasteiger partial charge in [0.05, 0.1) is 12.2 Å². The molecule has 5 aromatic rings. The van der Waals surface area contributed by atoms with Crippen molar-refractivity contribution in [2.24, 2.45) is 0 Å². The van der Waals surface area contributed by atoms with Crippen molar-refractivity contribution >= 4 is 0 Å². The van der Waals surface area contributed by atoms with E-state index in [1.54, 1.807) is 17.1 Å². The molecule has 9 heteroatoms. The van der Waals surface area contributed by atoms with Crippen LogP contribution in [0.4, 0.5) is 0 Å². The van der Waals surface area contributed by atoms with Crippen LogP contribution in [-0.2, 0) is 6.54 Å². The fourth-order valence-corrected chi connectivity index (χ4v) is 2.88. The van der Waals surface area contributed by atoms with Gasteiger partial charge in [0.2, 0.25) is 0 Å². The second kappa shape index (κ2) is 6.37. The third-order valence-electron chi connectivity index (χ3n) is 4.15. The predicted molar refractivity (Wildman–Crippen MR) is 95.8 cm³/mol. The highest BCUT2D eigenvalue weighted by Gasteiger charge is 2.15. The number of tetrazole rings is 1. The minimum atomic E-state index is 0.456. The molecule has 0 radical (unpaired) electrons. The van der Waals surface area contributed by atoms with Gasteiger partial charge in [0.15, 0.2) is 23.2 Å². The van der Waals surface area contributed by atoms with Crippen molar-refractivity contribution in [1.29, 1.82) is 0 Å². The van der Waals surface area contributed by atoms with Gasteiger partial charge in [-0.05, 0) is 40.8 Å². The Morgan fingerprint density at radius 2 is 1.85 bits per heavy atom. The first kappa shape index (κ1) is 15.3. The summed E-state index contributed by atoms with van der Waals surface area (Å²) < 4.78 is 9.59. The molecule has 0 saturated carbocycles. The van der Waals surface area contributed by atoms with E-state index in [4.69, 9.17) is 4.42 Å². The number of rotatable bonds is 5. The monoisotopic (exact) mass is 358 g/mol. The molecule has 0 unspecified atom stereocenters. The lowest BCUT2D eigenvalue weighted by Gasteiger charge is -2.07. The lowest BCUT2D eigenvalue weighted by molar-refractivity contribution is 0.581. The fourth-order valence-electron chi connectivity index (χ4n) is 2.88. The Kier molecular flexibility index (Phi) is 3.60. The van der Waals surface area contributed by atoms with E-state index in [-0.39, 0.29) is 0 Å². The first-order valence-electron chi connectivity index (χ1n) is 8.32. The molecule has 1 N–H and O–H groups in total. The molecule has 0 spiro atoms. The summed E-state index contributed by atoms with van der Waals surface area (Å²) in [7, 11) is 0. The number of H-pyrrole nitrogens is 1. The van der Waals surface area contributed by atoms with Crippen molar-refractivity contribution in [3.05, 3.63) is 72.9 Å². The quantitative estimate of drug-likeness (QED) is 0.518. The highest BCUT2D eigenvalue weighted by atomic mass is 16.3. The molecule has 0 bridgehead atoms. The number of para-hydroxylation sites is 1. The van der Waals surface area contributed by atoms with Crippen molar-refractivity contribution < 1.29 is 4.42 Å². The zero-order valence-corrected chi connectivity index (χ0v) is 14.1. The number of hydrogen-bond acceptors (Lipinski definition) is 6. The van der Waals surface area contributed by atoms with Crippen LogP contribution in [0.5, 0.6) is 0 Å². The van der Waals surface area contributed by atoms with Gasteiger partial charge >= 0.3 is 0 Å². The minimum absolute atomic E-state index is 0.456. The third-order valence-corrected chi connectivity index (χ3v) is 4.15. The van der Waals surface area contributed by atoms with Gasteiger partial charge in [0.25, 0.3) is 0 Å². The van der Waals surface area contributed by atoms with Crippen LogP contribution in [0, 0.1) is 0 Å². The summed E-state index contributed by atoms with van der Waals surface area (Å²) in [6.45, 7) is 0.456. The van der Waals surface area contributed by atoms with Gasteiger partial charge in [-0.1, -0.05) is 18.2 Å². The molecule has 4 heterocycles. The van der Waals surface area contributed by atoms with E-state index in [1.165, 1.54) is 0 Å². The Hall–Kier alpha value is -4.01. The molecule has 5 rings (SSSR count). The Morgan fingerprint density at radius 3 is 2.70 bits per heavy atom. The highest BCUT2D eigenvalue weighted by molar-refractivity contribution is 5.58. The zero-order valence-electron chi connectivity index (χ0n) is 14.1. The van der Waals surface area contributed by atoms with Crippen molar-refractivity contribution in [2.45, 2.75) is 6.54 Å². The summed E-state index contributed by atoms with van der Waals surface area (Å²) in [6.07, 6.45) is 5.28. The first-order chi connectivity index (χ1) is 13.4. The maximum absolute atomic E-state index is 5.93. The summed E-state index contributed by atoms with van der Waals surface area (Å²) in [6, 6.07) is 15.4. The molecule has 27 heavy (non-hydrogen) atoms. The molecule has 1 aromatic carbocycles. The van der Waals surface area contributed by atoms with E-state index < -0.39 is 0 Å². The first-order valence-corrected chi connectivity index (χ1v) is 8.32. The molecule has 0 aliphatic rings. The average Bonchev–Trinajstić information content (AvgIpc) is 3.48. The molecule has 0 saturated heterocycles. The zero-order chi connectivity index (χ0) is 18.1. The smallest absolute Gasteiger partial charge is 0.176 e. The third kappa shape index (κ3) is 2.80. The van der Waals surface area contributed by atoms with Gasteiger partial charge in [0.1, 0.15) is 5.69 Å². The minimum Gasteiger partial charge on any atom is -0.451 e. The Morgan fingerprint density at radius 1 is 0.963 bits per heavy atom. The largest absolute Gasteiger partial charge is 0.451 e. The van der Waals surface area contributed by atoms with Crippen LogP contribution in [0.2, 0.25) is 0 Å². The lowest BCUT2D eigenvalue weighted by Crippen LogP contribution is -2.09. The molecule has 9 nitrogen and oxygen atoms in total. The number of benzene rings is 1. The number of nitrogens with one attached hydrogen (secondary N) is 1. The topological polar surface area (TPSA) is 103 Å². The van der Waals surface area contributed by atoms with E-state index in [2.05, 4.69) is 30.7 Å². The lowest BCUT2D eigenvalue weighted by atomic mass is 10.3. The molecule has 0 fully saturated rings. The molecule has 4 aromatic heterocycles. The second-order valence-corrected chi connectivity index (χ2v) is 5.86. The summed E-state index contributed by atoms with van der Waals surface area (Å²) in [5, 5.41) is 18.9. The number of imidazole rings is 1. The van der Waals surface area contributed by atoms with Gasteiger partial charge in [-0.3, -0.25) is 5.10 Å². The number of hydrogen-bond donors (Lipinski definition) is 1. The molecular weight excluding hydrogens is 344 g/mol. The van der Waals surface area contributed by atoms with E-state index >= 15 is 0 Å². The Balaban J connectivity index is 1.46. The normalized spacial score (nSPS) is 11.1. The second-order valence-electron chi connectivity index (χ2n) is 5.86. The van der Waals surface area contributed by atoms with Crippen LogP contribution in [0.3, 0.4) is 0 Å². The van der Waals surface area contributed by atoms with Crippen LogP contribution in [0.15, 0.2) is 71.5 Å². The number of furan rings is 1.